The van der Waals surface area contributed by atoms with Crippen molar-refractivity contribution in [2.24, 2.45) is 5.73 Å². The van der Waals surface area contributed by atoms with Gasteiger partial charge in [-0.25, -0.2) is 0 Å². The van der Waals surface area contributed by atoms with Gasteiger partial charge in [0.15, 0.2) is 0 Å². The number of H-pyrrole nitrogens is 1. The van der Waals surface area contributed by atoms with E-state index in [4.69, 9.17) is 5.73 Å². The number of carbonyl (C=O) groups is 1. The van der Waals surface area contributed by atoms with Crippen LogP contribution < -0.4 is 11.1 Å². The van der Waals surface area contributed by atoms with Crippen molar-refractivity contribution in [2.75, 3.05) is 0 Å². The molecular formula is C15H20N4O. The molecule has 0 saturated heterocycles. The van der Waals surface area contributed by atoms with Gasteiger partial charge in [0.1, 0.15) is 0 Å². The second kappa shape index (κ2) is 6.86. The fourth-order valence-electron chi connectivity index (χ4n) is 1.87. The van der Waals surface area contributed by atoms with Crippen LogP contribution in [0.3, 0.4) is 0 Å². The molecule has 0 spiro atoms. The van der Waals surface area contributed by atoms with Crippen molar-refractivity contribution in [3.8, 4) is 11.3 Å². The Labute approximate surface area is 118 Å². The van der Waals surface area contributed by atoms with Crippen LogP contribution >= 0.6 is 0 Å². The number of benzene rings is 1. The standard InChI is InChI=1S/C15H20N4O/c1-11(16)2-7-15(20)17-10-12-3-5-13(6-4-12)14-8-9-18-19-14/h3-6,8-9,11H,2,7,10,16H2,1H3,(H,17,20)(H,18,19). The minimum atomic E-state index is 0.0416. The highest BCUT2D eigenvalue weighted by molar-refractivity contribution is 5.75. The molecule has 0 bridgehead atoms. The molecule has 0 aliphatic heterocycles. The third kappa shape index (κ3) is 4.20. The van der Waals surface area contributed by atoms with Gasteiger partial charge >= 0.3 is 0 Å². The number of nitrogens with two attached hydrogens (primary N) is 1. The lowest BCUT2D eigenvalue weighted by molar-refractivity contribution is -0.121. The first-order valence-electron chi connectivity index (χ1n) is 6.76. The van der Waals surface area contributed by atoms with Crippen molar-refractivity contribution in [3.05, 3.63) is 42.1 Å². The predicted octanol–water partition coefficient (Wildman–Crippen LogP) is 1.82. The Bertz CT molecular complexity index is 532. The molecule has 4 N–H and O–H groups in total. The Kier molecular flexibility index (Phi) is 4.90. The van der Waals surface area contributed by atoms with Crippen LogP contribution in [0, 0.1) is 0 Å². The van der Waals surface area contributed by atoms with Gasteiger partial charge in [0.25, 0.3) is 0 Å². The van der Waals surface area contributed by atoms with Gasteiger partial charge in [-0.1, -0.05) is 24.3 Å². The molecule has 1 aromatic heterocycles. The summed E-state index contributed by atoms with van der Waals surface area (Å²) < 4.78 is 0. The van der Waals surface area contributed by atoms with Crippen molar-refractivity contribution in [3.63, 3.8) is 0 Å². The van der Waals surface area contributed by atoms with Crippen molar-refractivity contribution < 1.29 is 4.79 Å². The summed E-state index contributed by atoms with van der Waals surface area (Å²) in [4.78, 5) is 11.6. The summed E-state index contributed by atoms with van der Waals surface area (Å²) in [6.07, 6.45) is 2.91. The topological polar surface area (TPSA) is 83.8 Å². The molecule has 2 rings (SSSR count). The number of amides is 1. The molecule has 0 aliphatic carbocycles. The molecule has 2 aromatic rings. The van der Waals surface area contributed by atoms with E-state index >= 15 is 0 Å². The monoisotopic (exact) mass is 272 g/mol. The summed E-state index contributed by atoms with van der Waals surface area (Å²) in [6, 6.07) is 10.0. The van der Waals surface area contributed by atoms with E-state index in [0.717, 1.165) is 16.8 Å². The molecule has 5 heteroatoms. The number of hydrogen-bond donors (Lipinski definition) is 3. The number of hydrogen-bond acceptors (Lipinski definition) is 3. The van der Waals surface area contributed by atoms with E-state index in [0.29, 0.717) is 19.4 Å². The summed E-state index contributed by atoms with van der Waals surface area (Å²) in [5.41, 5.74) is 8.76. The number of aromatic amines is 1. The zero-order chi connectivity index (χ0) is 14.4. The SMILES string of the molecule is CC(N)CCC(=O)NCc1ccc(-c2ccn[nH]2)cc1. The molecule has 106 valence electrons. The molecule has 5 nitrogen and oxygen atoms in total. The van der Waals surface area contributed by atoms with Crippen molar-refractivity contribution >= 4 is 5.91 Å². The first-order chi connectivity index (χ1) is 9.65. The van der Waals surface area contributed by atoms with E-state index in [9.17, 15) is 4.79 Å². The van der Waals surface area contributed by atoms with Gasteiger partial charge in [-0.05, 0) is 30.5 Å². The number of aromatic nitrogens is 2. The highest BCUT2D eigenvalue weighted by atomic mass is 16.1. The van der Waals surface area contributed by atoms with Crippen molar-refractivity contribution in [1.82, 2.24) is 15.5 Å². The summed E-state index contributed by atoms with van der Waals surface area (Å²) >= 11 is 0. The van der Waals surface area contributed by atoms with E-state index in [2.05, 4.69) is 15.5 Å². The van der Waals surface area contributed by atoms with Crippen LogP contribution in [0.2, 0.25) is 0 Å². The van der Waals surface area contributed by atoms with Crippen molar-refractivity contribution in [1.29, 1.82) is 0 Å². The largest absolute Gasteiger partial charge is 0.352 e. The van der Waals surface area contributed by atoms with Gasteiger partial charge in [-0.2, -0.15) is 5.10 Å². The van der Waals surface area contributed by atoms with Crippen LogP contribution in [-0.4, -0.2) is 22.1 Å². The van der Waals surface area contributed by atoms with Gasteiger partial charge in [0, 0.05) is 25.2 Å². The fourth-order valence-corrected chi connectivity index (χ4v) is 1.87. The first-order valence-corrected chi connectivity index (χ1v) is 6.76. The van der Waals surface area contributed by atoms with Crippen LogP contribution in [0.15, 0.2) is 36.5 Å². The van der Waals surface area contributed by atoms with E-state index in [-0.39, 0.29) is 11.9 Å². The van der Waals surface area contributed by atoms with E-state index < -0.39 is 0 Å². The Morgan fingerprint density at radius 1 is 1.35 bits per heavy atom. The van der Waals surface area contributed by atoms with Crippen LogP contribution in [0.5, 0.6) is 0 Å². The quantitative estimate of drug-likeness (QED) is 0.750. The zero-order valence-electron chi connectivity index (χ0n) is 11.6. The second-order valence-electron chi connectivity index (χ2n) is 4.96. The van der Waals surface area contributed by atoms with Crippen molar-refractivity contribution in [2.45, 2.75) is 32.4 Å². The lowest BCUT2D eigenvalue weighted by Crippen LogP contribution is -2.25. The van der Waals surface area contributed by atoms with Gasteiger partial charge in [-0.15, -0.1) is 0 Å². The molecule has 20 heavy (non-hydrogen) atoms. The molecule has 1 amide bonds. The van der Waals surface area contributed by atoms with Gasteiger partial charge in [0.2, 0.25) is 5.91 Å². The number of carbonyl (C=O) groups excluding carboxylic acids is 1. The third-order valence-corrected chi connectivity index (χ3v) is 3.08. The number of nitrogens with zero attached hydrogens (tertiary/aromatic N) is 1. The van der Waals surface area contributed by atoms with Crippen LogP contribution in [0.25, 0.3) is 11.3 Å². The van der Waals surface area contributed by atoms with E-state index in [1.165, 1.54) is 0 Å². The van der Waals surface area contributed by atoms with Gasteiger partial charge in [-0.3, -0.25) is 9.89 Å². The smallest absolute Gasteiger partial charge is 0.220 e. The Hall–Kier alpha value is -2.14. The normalized spacial score (nSPS) is 12.1. The average molecular weight is 272 g/mol. The molecule has 0 fully saturated rings. The highest BCUT2D eigenvalue weighted by Crippen LogP contribution is 2.16. The molecule has 0 saturated carbocycles. The Morgan fingerprint density at radius 2 is 2.10 bits per heavy atom. The average Bonchev–Trinajstić information content (AvgIpc) is 2.97. The predicted molar refractivity (Wildman–Crippen MR) is 78.8 cm³/mol. The summed E-state index contributed by atoms with van der Waals surface area (Å²) in [5.74, 6) is 0.0416. The molecule has 1 atom stereocenters. The lowest BCUT2D eigenvalue weighted by Gasteiger charge is -2.07. The fraction of sp³-hybridized carbons (Fsp3) is 0.333. The summed E-state index contributed by atoms with van der Waals surface area (Å²) in [7, 11) is 0. The first kappa shape index (κ1) is 14.3. The second-order valence-corrected chi connectivity index (χ2v) is 4.96. The van der Waals surface area contributed by atoms with Gasteiger partial charge < -0.3 is 11.1 Å². The zero-order valence-corrected chi connectivity index (χ0v) is 11.6. The summed E-state index contributed by atoms with van der Waals surface area (Å²) in [6.45, 7) is 2.45. The molecule has 1 unspecified atom stereocenters. The molecule has 0 radical (unpaired) electrons. The molecular weight excluding hydrogens is 252 g/mol. The van der Waals surface area contributed by atoms with Crippen LogP contribution in [0.4, 0.5) is 0 Å². The number of nitrogens with one attached hydrogen (secondary N) is 2. The molecule has 0 aliphatic rings. The van der Waals surface area contributed by atoms with E-state index in [1.807, 2.05) is 37.3 Å². The van der Waals surface area contributed by atoms with Crippen LogP contribution in [0.1, 0.15) is 25.3 Å². The Balaban J connectivity index is 1.84. The highest BCUT2D eigenvalue weighted by Gasteiger charge is 2.04. The number of rotatable bonds is 6. The minimum absolute atomic E-state index is 0.0416. The minimum Gasteiger partial charge on any atom is -0.352 e. The maximum atomic E-state index is 11.6. The van der Waals surface area contributed by atoms with Crippen LogP contribution in [-0.2, 0) is 11.3 Å². The lowest BCUT2D eigenvalue weighted by atomic mass is 10.1. The maximum absolute atomic E-state index is 11.6. The summed E-state index contributed by atoms with van der Waals surface area (Å²) in [5, 5.41) is 9.74. The van der Waals surface area contributed by atoms with Gasteiger partial charge in [0.05, 0.1) is 5.69 Å². The van der Waals surface area contributed by atoms with E-state index in [1.54, 1.807) is 6.20 Å². The molecule has 1 heterocycles. The Morgan fingerprint density at radius 3 is 2.70 bits per heavy atom. The maximum Gasteiger partial charge on any atom is 0.220 e. The third-order valence-electron chi connectivity index (χ3n) is 3.08. The molecule has 1 aromatic carbocycles.